The minimum atomic E-state index is -0.0938. The average molecular weight is 296 g/mol. The number of amides is 1. The van der Waals surface area contributed by atoms with Crippen molar-refractivity contribution in [1.29, 1.82) is 0 Å². The second kappa shape index (κ2) is 6.43. The van der Waals surface area contributed by atoms with Crippen molar-refractivity contribution in [1.82, 2.24) is 10.3 Å². The highest BCUT2D eigenvalue weighted by molar-refractivity contribution is 7.18. The molecule has 1 amide bonds. The largest absolute Gasteiger partial charge is 0.382 e. The van der Waals surface area contributed by atoms with Gasteiger partial charge in [-0.1, -0.05) is 25.2 Å². The Kier molecular flexibility index (Phi) is 4.86. The van der Waals surface area contributed by atoms with E-state index in [1.165, 1.54) is 24.2 Å². The van der Waals surface area contributed by atoms with Crippen LogP contribution in [-0.2, 0) is 0 Å². The van der Waals surface area contributed by atoms with E-state index in [1.807, 2.05) is 11.9 Å². The molecule has 0 bridgehead atoms. The van der Waals surface area contributed by atoms with E-state index in [9.17, 15) is 4.79 Å². The number of hydrogen-bond donors (Lipinski definition) is 2. The highest BCUT2D eigenvalue weighted by atomic mass is 32.1. The lowest BCUT2D eigenvalue weighted by Crippen LogP contribution is -2.28. The van der Waals surface area contributed by atoms with E-state index in [0.717, 1.165) is 30.6 Å². The molecule has 112 valence electrons. The number of nitrogens with one attached hydrogen (secondary N) is 1. The van der Waals surface area contributed by atoms with Gasteiger partial charge in [-0.25, -0.2) is 4.98 Å². The number of anilines is 2. The van der Waals surface area contributed by atoms with Gasteiger partial charge in [-0.05, 0) is 31.1 Å². The highest BCUT2D eigenvalue weighted by Gasteiger charge is 2.28. The molecule has 1 unspecified atom stereocenters. The molecule has 1 aliphatic rings. The molecule has 1 fully saturated rings. The molecule has 2 rings (SSSR count). The molecule has 5 nitrogen and oxygen atoms in total. The second-order valence-corrected chi connectivity index (χ2v) is 6.63. The van der Waals surface area contributed by atoms with Crippen LogP contribution in [-0.4, -0.2) is 31.0 Å². The summed E-state index contributed by atoms with van der Waals surface area (Å²) in [6, 6.07) is 0. The summed E-state index contributed by atoms with van der Waals surface area (Å²) in [6.45, 7) is 5.93. The maximum atomic E-state index is 12.2. The lowest BCUT2D eigenvalue weighted by atomic mass is 10.1. The van der Waals surface area contributed by atoms with Gasteiger partial charge in [0, 0.05) is 20.1 Å². The van der Waals surface area contributed by atoms with Gasteiger partial charge in [0.1, 0.15) is 10.7 Å². The summed E-state index contributed by atoms with van der Waals surface area (Å²) in [5, 5.41) is 3.79. The average Bonchev–Trinajstić information content (AvgIpc) is 3.19. The Morgan fingerprint density at radius 1 is 1.60 bits per heavy atom. The minimum Gasteiger partial charge on any atom is -0.382 e. The van der Waals surface area contributed by atoms with Crippen molar-refractivity contribution in [2.75, 3.05) is 30.8 Å². The minimum absolute atomic E-state index is 0.0938. The molecule has 1 aromatic heterocycles. The fourth-order valence-corrected chi connectivity index (χ4v) is 3.13. The SMILES string of the molecule is CCCN(C)c1nc(N)c(C(=O)NCC(C)C2CC2)s1. The predicted octanol–water partition coefficient (Wildman–Crippen LogP) is 2.35. The van der Waals surface area contributed by atoms with Crippen LogP contribution in [0.25, 0.3) is 0 Å². The number of carbonyl (C=O) groups is 1. The van der Waals surface area contributed by atoms with E-state index in [4.69, 9.17) is 5.73 Å². The maximum absolute atomic E-state index is 12.2. The Balaban J connectivity index is 1.94. The van der Waals surface area contributed by atoms with Gasteiger partial charge >= 0.3 is 0 Å². The first-order valence-electron chi connectivity index (χ1n) is 7.28. The number of nitrogen functional groups attached to an aromatic ring is 1. The van der Waals surface area contributed by atoms with Crippen LogP contribution in [0.1, 0.15) is 42.8 Å². The molecular formula is C14H24N4OS. The maximum Gasteiger partial charge on any atom is 0.265 e. The molecule has 1 aromatic rings. The van der Waals surface area contributed by atoms with Crippen molar-refractivity contribution in [3.05, 3.63) is 4.88 Å². The number of thiazole rings is 1. The lowest BCUT2D eigenvalue weighted by molar-refractivity contribution is 0.0951. The number of aromatic nitrogens is 1. The molecule has 6 heteroatoms. The molecule has 0 aliphatic heterocycles. The van der Waals surface area contributed by atoms with Crippen LogP contribution in [0.15, 0.2) is 0 Å². The van der Waals surface area contributed by atoms with Gasteiger partial charge in [0.15, 0.2) is 5.13 Å². The molecule has 0 saturated heterocycles. The topological polar surface area (TPSA) is 71.2 Å². The Morgan fingerprint density at radius 2 is 2.30 bits per heavy atom. The fraction of sp³-hybridized carbons (Fsp3) is 0.714. The third-order valence-electron chi connectivity index (χ3n) is 3.75. The van der Waals surface area contributed by atoms with E-state index in [-0.39, 0.29) is 5.91 Å². The van der Waals surface area contributed by atoms with Gasteiger partial charge in [-0.15, -0.1) is 0 Å². The summed E-state index contributed by atoms with van der Waals surface area (Å²) < 4.78 is 0. The Hall–Kier alpha value is -1.30. The van der Waals surface area contributed by atoms with Crippen molar-refractivity contribution in [2.24, 2.45) is 11.8 Å². The summed E-state index contributed by atoms with van der Waals surface area (Å²) in [6.07, 6.45) is 3.63. The summed E-state index contributed by atoms with van der Waals surface area (Å²) >= 11 is 1.37. The second-order valence-electron chi connectivity index (χ2n) is 5.66. The van der Waals surface area contributed by atoms with Gasteiger partial charge in [0.2, 0.25) is 0 Å². The summed E-state index contributed by atoms with van der Waals surface area (Å²) in [4.78, 5) is 19.0. The van der Waals surface area contributed by atoms with Crippen LogP contribution in [0.3, 0.4) is 0 Å². The zero-order valence-electron chi connectivity index (χ0n) is 12.5. The number of carbonyl (C=O) groups excluding carboxylic acids is 1. The Morgan fingerprint density at radius 3 is 2.90 bits per heavy atom. The molecule has 1 atom stereocenters. The smallest absolute Gasteiger partial charge is 0.265 e. The van der Waals surface area contributed by atoms with Crippen molar-refractivity contribution >= 4 is 28.2 Å². The zero-order valence-corrected chi connectivity index (χ0v) is 13.3. The number of nitrogens with zero attached hydrogens (tertiary/aromatic N) is 2. The van der Waals surface area contributed by atoms with Crippen LogP contribution in [0.2, 0.25) is 0 Å². The van der Waals surface area contributed by atoms with Crippen LogP contribution in [0.4, 0.5) is 10.9 Å². The number of rotatable bonds is 7. The molecule has 0 aromatic carbocycles. The van der Waals surface area contributed by atoms with Gasteiger partial charge in [0.05, 0.1) is 0 Å². The van der Waals surface area contributed by atoms with E-state index >= 15 is 0 Å². The summed E-state index contributed by atoms with van der Waals surface area (Å²) in [5.41, 5.74) is 5.87. The van der Waals surface area contributed by atoms with Gasteiger partial charge in [-0.3, -0.25) is 4.79 Å². The standard InChI is InChI=1S/C14H24N4OS/c1-4-7-18(3)14-17-12(15)11(20-14)13(19)16-8-9(2)10-5-6-10/h9-10H,4-8,15H2,1-3H3,(H,16,19). The lowest BCUT2D eigenvalue weighted by Gasteiger charge is -2.13. The summed E-state index contributed by atoms with van der Waals surface area (Å²) in [7, 11) is 1.97. The third kappa shape index (κ3) is 3.62. The monoisotopic (exact) mass is 296 g/mol. The first-order valence-corrected chi connectivity index (χ1v) is 8.10. The third-order valence-corrected chi connectivity index (χ3v) is 4.93. The van der Waals surface area contributed by atoms with Gasteiger partial charge in [-0.2, -0.15) is 0 Å². The van der Waals surface area contributed by atoms with E-state index in [0.29, 0.717) is 16.6 Å². The molecule has 1 saturated carbocycles. The molecule has 0 radical (unpaired) electrons. The van der Waals surface area contributed by atoms with Crippen LogP contribution in [0, 0.1) is 11.8 Å². The normalized spacial score (nSPS) is 15.9. The van der Waals surface area contributed by atoms with Crippen LogP contribution in [0.5, 0.6) is 0 Å². The molecule has 0 spiro atoms. The molecule has 1 heterocycles. The highest BCUT2D eigenvalue weighted by Crippen LogP contribution is 2.36. The van der Waals surface area contributed by atoms with Crippen LogP contribution < -0.4 is 16.0 Å². The molecular weight excluding hydrogens is 272 g/mol. The first-order chi connectivity index (χ1) is 9.52. The fourth-order valence-electron chi connectivity index (χ4n) is 2.24. The van der Waals surface area contributed by atoms with E-state index in [2.05, 4.69) is 24.1 Å². The van der Waals surface area contributed by atoms with Crippen molar-refractivity contribution in [2.45, 2.75) is 33.1 Å². The van der Waals surface area contributed by atoms with E-state index < -0.39 is 0 Å². The Labute approximate surface area is 124 Å². The first kappa shape index (κ1) is 15.1. The predicted molar refractivity (Wildman–Crippen MR) is 84.3 cm³/mol. The van der Waals surface area contributed by atoms with Crippen molar-refractivity contribution < 1.29 is 4.79 Å². The molecule has 20 heavy (non-hydrogen) atoms. The molecule has 1 aliphatic carbocycles. The quantitative estimate of drug-likeness (QED) is 0.810. The van der Waals surface area contributed by atoms with Gasteiger partial charge in [0.25, 0.3) is 5.91 Å². The Bertz CT molecular complexity index is 470. The molecule has 3 N–H and O–H groups in total. The zero-order chi connectivity index (χ0) is 14.7. The summed E-state index contributed by atoms with van der Waals surface area (Å²) in [5.74, 6) is 1.59. The van der Waals surface area contributed by atoms with Crippen LogP contribution >= 0.6 is 11.3 Å². The van der Waals surface area contributed by atoms with E-state index in [1.54, 1.807) is 0 Å². The number of hydrogen-bond acceptors (Lipinski definition) is 5. The number of nitrogens with two attached hydrogens (primary N) is 1. The van der Waals surface area contributed by atoms with Crippen molar-refractivity contribution in [3.8, 4) is 0 Å². The van der Waals surface area contributed by atoms with Crippen molar-refractivity contribution in [3.63, 3.8) is 0 Å². The van der Waals surface area contributed by atoms with Gasteiger partial charge < -0.3 is 16.0 Å².